The Bertz CT molecular complexity index is 1020. The zero-order chi connectivity index (χ0) is 22.2. The number of anilines is 1. The van der Waals surface area contributed by atoms with Crippen LogP contribution in [0, 0.1) is 18.6 Å². The molecule has 6 N–H and O–H groups in total. The van der Waals surface area contributed by atoms with E-state index in [9.17, 15) is 26.7 Å². The summed E-state index contributed by atoms with van der Waals surface area (Å²) in [5.74, 6) is -2.76. The maximum absolute atomic E-state index is 14.3. The van der Waals surface area contributed by atoms with Gasteiger partial charge in [-0.2, -0.15) is 13.2 Å². The van der Waals surface area contributed by atoms with Crippen LogP contribution in [0.1, 0.15) is 35.0 Å². The summed E-state index contributed by atoms with van der Waals surface area (Å²) >= 11 is 0. The Morgan fingerprint density at radius 3 is 2.58 bits per heavy atom. The number of nitrogens with zero attached hydrogens (tertiary/aromatic N) is 3. The zero-order valence-electron chi connectivity index (χ0n) is 16.7. The minimum Gasteiger partial charge on any atom is -0.399 e. The molecule has 3 heterocycles. The first-order chi connectivity index (χ1) is 14.0. The molecule has 0 radical (unpaired) electrons. The Balaban J connectivity index is 0.00000341. The number of rotatable bonds is 3. The van der Waals surface area contributed by atoms with Crippen LogP contribution in [-0.4, -0.2) is 33.4 Å². The van der Waals surface area contributed by atoms with Crippen molar-refractivity contribution in [2.24, 2.45) is 5.73 Å². The number of alkyl halides is 3. The van der Waals surface area contributed by atoms with Crippen LogP contribution in [-0.2, 0) is 6.18 Å². The molecule has 0 aliphatic carbocycles. The van der Waals surface area contributed by atoms with Crippen LogP contribution in [0.4, 0.5) is 27.8 Å². The van der Waals surface area contributed by atoms with Gasteiger partial charge >= 0.3 is 6.18 Å². The lowest BCUT2D eigenvalue weighted by Gasteiger charge is -2.35. The highest BCUT2D eigenvalue weighted by Crippen LogP contribution is 2.32. The van der Waals surface area contributed by atoms with Crippen molar-refractivity contribution in [3.8, 4) is 0 Å². The molecule has 1 atom stereocenters. The molecule has 0 unspecified atom stereocenters. The van der Waals surface area contributed by atoms with Crippen LogP contribution < -0.4 is 17.2 Å². The van der Waals surface area contributed by atoms with E-state index >= 15 is 0 Å². The molecule has 2 aromatic heterocycles. The molecule has 12 heteroatoms. The van der Waals surface area contributed by atoms with Crippen molar-refractivity contribution in [3.63, 3.8) is 0 Å². The van der Waals surface area contributed by atoms with Gasteiger partial charge in [0.1, 0.15) is 11.6 Å². The lowest BCUT2D eigenvalue weighted by atomic mass is 10.0. The normalized spacial score (nSPS) is 16.7. The van der Waals surface area contributed by atoms with E-state index in [1.807, 2.05) is 0 Å². The largest absolute Gasteiger partial charge is 0.436 e. The van der Waals surface area contributed by atoms with Crippen LogP contribution in [0.2, 0.25) is 0 Å². The molecular weight excluding hydrogens is 423 g/mol. The predicted octanol–water partition coefficient (Wildman–Crippen LogP) is 3.76. The van der Waals surface area contributed by atoms with E-state index < -0.39 is 41.0 Å². The third-order valence-electron chi connectivity index (χ3n) is 4.84. The van der Waals surface area contributed by atoms with Crippen LogP contribution in [0.5, 0.6) is 0 Å². The average molecular weight is 444 g/mol. The highest BCUT2D eigenvalue weighted by atomic mass is 19.4. The van der Waals surface area contributed by atoms with E-state index in [1.165, 1.54) is 11.0 Å². The first-order valence-corrected chi connectivity index (χ1v) is 8.91. The topological polar surface area (TPSA) is 119 Å². The van der Waals surface area contributed by atoms with Crippen molar-refractivity contribution in [2.45, 2.75) is 32.5 Å². The summed E-state index contributed by atoms with van der Waals surface area (Å²) in [4.78, 5) is 20.8. The Labute approximate surface area is 174 Å². The number of nitrogens with one attached hydrogen (secondary N) is 1. The first kappa shape index (κ1) is 24.0. The molecule has 168 valence electrons. The first-order valence-electron chi connectivity index (χ1n) is 8.91. The van der Waals surface area contributed by atoms with Gasteiger partial charge in [-0.05, 0) is 31.5 Å². The van der Waals surface area contributed by atoms with Gasteiger partial charge in [0.15, 0.2) is 11.5 Å². The quantitative estimate of drug-likeness (QED) is 0.621. The summed E-state index contributed by atoms with van der Waals surface area (Å²) in [6.45, 7) is 3.22. The molecule has 0 spiro atoms. The van der Waals surface area contributed by atoms with Crippen molar-refractivity contribution in [1.29, 1.82) is 0 Å². The number of amides is 1. The van der Waals surface area contributed by atoms with Crippen LogP contribution in [0.3, 0.4) is 0 Å². The van der Waals surface area contributed by atoms with Crippen LogP contribution in [0.15, 0.2) is 35.9 Å². The van der Waals surface area contributed by atoms with Gasteiger partial charge in [-0.3, -0.25) is 4.79 Å². The van der Waals surface area contributed by atoms with Crippen molar-refractivity contribution >= 4 is 11.7 Å². The van der Waals surface area contributed by atoms with E-state index in [0.717, 1.165) is 18.5 Å². The van der Waals surface area contributed by atoms with Gasteiger partial charge in [0, 0.05) is 24.9 Å². The smallest absolute Gasteiger partial charge is 0.399 e. The van der Waals surface area contributed by atoms with E-state index in [0.29, 0.717) is 17.1 Å². The lowest BCUT2D eigenvalue weighted by molar-refractivity contribution is -0.143. The molecule has 1 aliphatic rings. The minimum atomic E-state index is -5.02. The monoisotopic (exact) mass is 444 g/mol. The number of carbonyl (C=O) groups excluding carboxylic acids is 1. The standard InChI is InChI=1S/C19H18F5N5O.H3N/c1-9-7-14(27-8-12(9)20)28-13-4-6-29(10(2)16(13)25)18(30)11-3-5-26-17(15(11)21)19(22,23)24;/h3,5,7-8,10H,4,6,25H2,1-2H3,(H,27,28);1H3/t10-;/m1./s1. The van der Waals surface area contributed by atoms with E-state index in [4.69, 9.17) is 5.73 Å². The Hall–Kier alpha value is -3.28. The third kappa shape index (κ3) is 4.74. The second-order valence-corrected chi connectivity index (χ2v) is 6.82. The number of hydrogen-bond donors (Lipinski definition) is 3. The number of halogens is 5. The molecule has 7 nitrogen and oxygen atoms in total. The van der Waals surface area contributed by atoms with Gasteiger partial charge in [0.2, 0.25) is 0 Å². The Morgan fingerprint density at radius 2 is 1.97 bits per heavy atom. The van der Waals surface area contributed by atoms with Gasteiger partial charge in [0.05, 0.1) is 23.5 Å². The molecule has 3 rings (SSSR count). The molecule has 0 fully saturated rings. The number of hydrogen-bond acceptors (Lipinski definition) is 6. The number of aryl methyl sites for hydroxylation is 1. The summed E-state index contributed by atoms with van der Waals surface area (Å²) < 4.78 is 66.4. The fraction of sp³-hybridized carbons (Fsp3) is 0.316. The van der Waals surface area contributed by atoms with Crippen molar-refractivity contribution < 1.29 is 26.7 Å². The SMILES string of the molecule is Cc1cc(NC2=C(N)[C@@H](C)N(C(=O)c3ccnc(C(F)(F)F)c3F)CC2)ncc1F.N. The number of pyridine rings is 2. The van der Waals surface area contributed by atoms with Gasteiger partial charge in [-0.15, -0.1) is 0 Å². The lowest BCUT2D eigenvalue weighted by Crippen LogP contribution is -2.46. The number of aromatic nitrogens is 2. The van der Waals surface area contributed by atoms with Crippen LogP contribution in [0.25, 0.3) is 0 Å². The highest BCUT2D eigenvalue weighted by Gasteiger charge is 2.39. The summed E-state index contributed by atoms with van der Waals surface area (Å²) in [7, 11) is 0. The van der Waals surface area contributed by atoms with Gasteiger partial charge < -0.3 is 22.1 Å². The molecule has 1 amide bonds. The molecule has 0 aromatic carbocycles. The Kier molecular flexibility index (Phi) is 6.84. The van der Waals surface area contributed by atoms with E-state index in [-0.39, 0.29) is 24.8 Å². The van der Waals surface area contributed by atoms with Crippen molar-refractivity contribution in [3.05, 3.63) is 64.4 Å². The van der Waals surface area contributed by atoms with Crippen molar-refractivity contribution in [1.82, 2.24) is 21.0 Å². The summed E-state index contributed by atoms with van der Waals surface area (Å²) in [5.41, 5.74) is 4.79. The Morgan fingerprint density at radius 1 is 1.29 bits per heavy atom. The van der Waals surface area contributed by atoms with Gasteiger partial charge in [-0.25, -0.2) is 18.7 Å². The fourth-order valence-corrected chi connectivity index (χ4v) is 3.13. The molecule has 1 aliphatic heterocycles. The average Bonchev–Trinajstić information content (AvgIpc) is 2.67. The van der Waals surface area contributed by atoms with Gasteiger partial charge in [0.25, 0.3) is 5.91 Å². The molecular formula is C19H21F5N6O. The molecule has 31 heavy (non-hydrogen) atoms. The maximum Gasteiger partial charge on any atom is 0.436 e. The molecule has 0 saturated heterocycles. The van der Waals surface area contributed by atoms with Gasteiger partial charge in [-0.1, -0.05) is 0 Å². The third-order valence-corrected chi connectivity index (χ3v) is 4.84. The summed E-state index contributed by atoms with van der Waals surface area (Å²) in [6, 6.07) is 1.67. The number of carbonyl (C=O) groups is 1. The maximum atomic E-state index is 14.3. The predicted molar refractivity (Wildman–Crippen MR) is 103 cm³/mol. The zero-order valence-corrected chi connectivity index (χ0v) is 16.7. The van der Waals surface area contributed by atoms with E-state index in [2.05, 4.69) is 15.3 Å². The van der Waals surface area contributed by atoms with Crippen LogP contribution >= 0.6 is 0 Å². The van der Waals surface area contributed by atoms with Crippen molar-refractivity contribution in [2.75, 3.05) is 11.9 Å². The summed E-state index contributed by atoms with van der Waals surface area (Å²) in [5, 5.41) is 2.97. The molecule has 2 aromatic rings. The fourth-order valence-electron chi connectivity index (χ4n) is 3.13. The second kappa shape index (κ2) is 8.84. The molecule has 0 bridgehead atoms. The van der Waals surface area contributed by atoms with E-state index in [1.54, 1.807) is 13.8 Å². The number of nitrogens with two attached hydrogens (primary N) is 1. The minimum absolute atomic E-state index is 0. The molecule has 0 saturated carbocycles. The second-order valence-electron chi connectivity index (χ2n) is 6.82. The highest BCUT2D eigenvalue weighted by molar-refractivity contribution is 5.95. The summed E-state index contributed by atoms with van der Waals surface area (Å²) in [6.07, 6.45) is -3.01.